The van der Waals surface area contributed by atoms with E-state index in [0.717, 1.165) is 44.0 Å². The summed E-state index contributed by atoms with van der Waals surface area (Å²) in [6, 6.07) is 9.81. The summed E-state index contributed by atoms with van der Waals surface area (Å²) in [6.45, 7) is 6.45. The molecule has 6 rings (SSSR count). The number of halogens is 4. The molecule has 4 heterocycles. The van der Waals surface area contributed by atoms with Crippen molar-refractivity contribution in [1.82, 2.24) is 20.0 Å². The number of nitrogen functional groups attached to an aromatic ring is 1. The normalized spacial score (nSPS) is 23.1. The zero-order valence-corrected chi connectivity index (χ0v) is 28.8. The number of rotatable bonds is 7. The minimum atomic E-state index is -4.78. The van der Waals surface area contributed by atoms with E-state index >= 15 is 0 Å². The minimum absolute atomic E-state index is 0.0628. The molecule has 3 atom stereocenters. The van der Waals surface area contributed by atoms with Crippen LogP contribution in [-0.4, -0.2) is 97.3 Å². The molecule has 4 aliphatic rings. The molecule has 2 aromatic carbocycles. The van der Waals surface area contributed by atoms with E-state index in [1.165, 1.54) is 11.0 Å². The van der Waals surface area contributed by atoms with Crippen molar-refractivity contribution in [3.8, 4) is 0 Å². The third-order valence-electron chi connectivity index (χ3n) is 10.6. The molecule has 0 bridgehead atoms. The first-order valence-corrected chi connectivity index (χ1v) is 17.7. The van der Waals surface area contributed by atoms with Crippen LogP contribution >= 0.6 is 11.6 Å². The molecule has 4 aliphatic heterocycles. The number of hydrogen-bond acceptors (Lipinski definition) is 8. The molecule has 0 saturated carbocycles. The number of carbonyl (C=O) groups is 3. The maximum absolute atomic E-state index is 14.1. The number of hydrogen-bond donors (Lipinski definition) is 3. The Balaban J connectivity index is 1.18. The van der Waals surface area contributed by atoms with Gasteiger partial charge < -0.3 is 30.3 Å². The first kappa shape index (κ1) is 36.1. The van der Waals surface area contributed by atoms with Crippen molar-refractivity contribution in [2.75, 3.05) is 63.4 Å². The zero-order valence-electron chi connectivity index (χ0n) is 28.1. The molecule has 0 radical (unpaired) electrons. The van der Waals surface area contributed by atoms with Gasteiger partial charge in [0.25, 0.3) is 5.91 Å². The fourth-order valence-corrected chi connectivity index (χ4v) is 8.15. The average molecular weight is 721 g/mol. The van der Waals surface area contributed by atoms with Crippen molar-refractivity contribution in [3.63, 3.8) is 0 Å². The Kier molecular flexibility index (Phi) is 10.7. The van der Waals surface area contributed by atoms with E-state index in [4.69, 9.17) is 26.8 Å². The highest BCUT2D eigenvalue weighted by molar-refractivity contribution is 6.33. The lowest BCUT2D eigenvalue weighted by Crippen LogP contribution is -2.59. The molecule has 272 valence electrons. The van der Waals surface area contributed by atoms with Crippen molar-refractivity contribution in [2.45, 2.75) is 69.4 Å². The number of likely N-dealkylation sites (tertiary alicyclic amines) is 1. The summed E-state index contributed by atoms with van der Waals surface area (Å²) in [7, 11) is 0. The molecule has 0 aliphatic carbocycles. The summed E-state index contributed by atoms with van der Waals surface area (Å²) < 4.78 is 53.1. The van der Waals surface area contributed by atoms with Crippen molar-refractivity contribution in [2.24, 2.45) is 5.92 Å². The summed E-state index contributed by atoms with van der Waals surface area (Å²) in [5.74, 6) is 0.0851. The van der Waals surface area contributed by atoms with Gasteiger partial charge in [0.15, 0.2) is 6.10 Å². The number of carbonyl (C=O) groups excluding carboxylic acids is 3. The number of piperazine rings is 1. The lowest BCUT2D eigenvalue weighted by atomic mass is 9.82. The van der Waals surface area contributed by atoms with Crippen LogP contribution in [0.1, 0.15) is 55.7 Å². The van der Waals surface area contributed by atoms with E-state index in [2.05, 4.69) is 22.5 Å². The van der Waals surface area contributed by atoms with Crippen LogP contribution in [-0.2, 0) is 32.5 Å². The van der Waals surface area contributed by atoms with Gasteiger partial charge >= 0.3 is 18.4 Å². The van der Waals surface area contributed by atoms with Gasteiger partial charge in [0, 0.05) is 76.7 Å². The number of alkyl halides is 3. The molecule has 3 fully saturated rings. The summed E-state index contributed by atoms with van der Waals surface area (Å²) in [5.41, 5.74) is 4.52. The van der Waals surface area contributed by atoms with Gasteiger partial charge in [-0.15, -0.1) is 0 Å². The Bertz CT molecular complexity index is 1580. The highest BCUT2D eigenvalue weighted by Crippen LogP contribution is 2.43. The number of nitrogens with one attached hydrogen (secondary N) is 2. The van der Waals surface area contributed by atoms with Crippen LogP contribution in [0.15, 0.2) is 36.4 Å². The van der Waals surface area contributed by atoms with Crippen LogP contribution in [0.5, 0.6) is 0 Å². The SMILES string of the molecule is CCCC1CCNCC1N1CCN(C(=O)[C@@H](Cc2cc(Cl)c(N)c(C(F)(F)F)c2)OC(=O)N2CCC3(CC2)OC(=O)Nc2ccccc23)CC1. The van der Waals surface area contributed by atoms with Gasteiger partial charge in [0.2, 0.25) is 0 Å². The van der Waals surface area contributed by atoms with Crippen LogP contribution in [0.4, 0.5) is 34.1 Å². The van der Waals surface area contributed by atoms with E-state index in [-0.39, 0.29) is 30.1 Å². The first-order chi connectivity index (χ1) is 23.9. The molecule has 2 aromatic rings. The van der Waals surface area contributed by atoms with Crippen LogP contribution < -0.4 is 16.4 Å². The van der Waals surface area contributed by atoms with Gasteiger partial charge in [-0.25, -0.2) is 9.59 Å². The van der Waals surface area contributed by atoms with Crippen LogP contribution in [0.25, 0.3) is 0 Å². The molecule has 11 nitrogen and oxygen atoms in total. The van der Waals surface area contributed by atoms with Crippen LogP contribution in [0.2, 0.25) is 5.02 Å². The number of fused-ring (bicyclic) bond motifs is 2. The van der Waals surface area contributed by atoms with Crippen LogP contribution in [0.3, 0.4) is 0 Å². The standard InChI is InChI=1S/C35H44ClF3N6O5/c1-2-5-23-8-11-41-21-28(23)43-14-16-44(17-15-43)31(46)29(20-22-18-25(35(37,38)39)30(40)26(36)19-22)49-33(48)45-12-9-34(10-13-45)24-6-3-4-7-27(24)42-32(47)50-34/h3-4,6-7,18-19,23,28-29,41H,2,5,8-17,20-21,40H2,1H3,(H,42,47)/t23?,28?,29-/m1/s1. The van der Waals surface area contributed by atoms with Gasteiger partial charge in [0.1, 0.15) is 5.60 Å². The maximum atomic E-state index is 14.1. The number of nitrogens with two attached hydrogens (primary N) is 1. The second-order valence-electron chi connectivity index (χ2n) is 13.6. The second-order valence-corrected chi connectivity index (χ2v) is 14.0. The molecule has 15 heteroatoms. The third-order valence-corrected chi connectivity index (χ3v) is 10.9. The van der Waals surface area contributed by atoms with Gasteiger partial charge in [-0.2, -0.15) is 13.2 Å². The van der Waals surface area contributed by atoms with E-state index in [9.17, 15) is 27.6 Å². The largest absolute Gasteiger partial charge is 0.438 e. The number of nitrogens with zero attached hydrogens (tertiary/aromatic N) is 3. The fraction of sp³-hybridized carbons (Fsp3) is 0.571. The van der Waals surface area contributed by atoms with E-state index in [1.54, 1.807) is 11.0 Å². The highest BCUT2D eigenvalue weighted by atomic mass is 35.5. The quantitative estimate of drug-likeness (QED) is 0.322. The van der Waals surface area contributed by atoms with Crippen molar-refractivity contribution in [1.29, 1.82) is 0 Å². The van der Waals surface area contributed by atoms with E-state index in [1.807, 2.05) is 18.2 Å². The van der Waals surface area contributed by atoms with Crippen molar-refractivity contribution >= 4 is 41.1 Å². The number of ether oxygens (including phenoxy) is 2. The number of amides is 3. The summed E-state index contributed by atoms with van der Waals surface area (Å²) in [6.07, 6.45) is -3.94. The molecular formula is C35H44ClF3N6O5. The summed E-state index contributed by atoms with van der Waals surface area (Å²) >= 11 is 6.12. The molecule has 4 N–H and O–H groups in total. The monoisotopic (exact) mass is 720 g/mol. The topological polar surface area (TPSA) is 129 Å². The zero-order chi connectivity index (χ0) is 35.6. The average Bonchev–Trinajstić information content (AvgIpc) is 3.09. The molecule has 50 heavy (non-hydrogen) atoms. The van der Waals surface area contributed by atoms with E-state index in [0.29, 0.717) is 56.7 Å². The highest BCUT2D eigenvalue weighted by Gasteiger charge is 2.46. The molecule has 3 amide bonds. The first-order valence-electron chi connectivity index (χ1n) is 17.3. The number of piperidine rings is 2. The van der Waals surface area contributed by atoms with Crippen LogP contribution in [0, 0.1) is 5.92 Å². The third kappa shape index (κ3) is 7.62. The Morgan fingerprint density at radius 1 is 1.10 bits per heavy atom. The minimum Gasteiger partial charge on any atom is -0.438 e. The molecule has 3 saturated heterocycles. The molecular weight excluding hydrogens is 677 g/mol. The Morgan fingerprint density at radius 3 is 2.52 bits per heavy atom. The summed E-state index contributed by atoms with van der Waals surface area (Å²) in [4.78, 5) is 45.6. The van der Waals surface area contributed by atoms with E-state index < -0.39 is 47.2 Å². The molecule has 0 aromatic heterocycles. The predicted molar refractivity (Wildman–Crippen MR) is 182 cm³/mol. The molecule has 2 unspecified atom stereocenters. The number of para-hydroxylation sites is 1. The summed E-state index contributed by atoms with van der Waals surface area (Å²) in [5, 5.41) is 5.89. The fourth-order valence-electron chi connectivity index (χ4n) is 7.90. The second kappa shape index (κ2) is 14.8. The Labute approximate surface area is 294 Å². The number of benzene rings is 2. The Morgan fingerprint density at radius 2 is 1.82 bits per heavy atom. The Hall–Kier alpha value is -3.75. The predicted octanol–water partition coefficient (Wildman–Crippen LogP) is 5.46. The number of anilines is 2. The van der Waals surface area contributed by atoms with Gasteiger partial charge in [-0.05, 0) is 49.1 Å². The van der Waals surface area contributed by atoms with Gasteiger partial charge in [-0.1, -0.05) is 43.1 Å². The lowest BCUT2D eigenvalue weighted by molar-refractivity contribution is -0.143. The van der Waals surface area contributed by atoms with Gasteiger partial charge in [-0.3, -0.25) is 15.0 Å². The molecule has 1 spiro atoms. The van der Waals surface area contributed by atoms with Crippen molar-refractivity contribution < 1.29 is 37.0 Å². The van der Waals surface area contributed by atoms with Gasteiger partial charge in [0.05, 0.1) is 22.0 Å². The van der Waals surface area contributed by atoms with Crippen molar-refractivity contribution in [3.05, 3.63) is 58.1 Å². The maximum Gasteiger partial charge on any atom is 0.418 e. The lowest BCUT2D eigenvalue weighted by Gasteiger charge is -2.45. The smallest absolute Gasteiger partial charge is 0.418 e.